The summed E-state index contributed by atoms with van der Waals surface area (Å²) in [6.07, 6.45) is -4.41. The molecular formula is C12H17F3N2. The van der Waals surface area contributed by atoms with Crippen molar-refractivity contribution < 1.29 is 13.2 Å². The Morgan fingerprint density at radius 1 is 1.06 bits per heavy atom. The molecule has 2 nitrogen and oxygen atoms in total. The molecule has 1 rings (SSSR count). The lowest BCUT2D eigenvalue weighted by atomic mass is 9.87. The van der Waals surface area contributed by atoms with Gasteiger partial charge >= 0.3 is 6.18 Å². The number of anilines is 1. The third-order valence-electron chi connectivity index (χ3n) is 2.43. The van der Waals surface area contributed by atoms with Crippen molar-refractivity contribution in [2.24, 2.45) is 0 Å². The maximum atomic E-state index is 12.7. The summed E-state index contributed by atoms with van der Waals surface area (Å²) in [5.41, 5.74) is -0.551. The molecule has 17 heavy (non-hydrogen) atoms. The molecule has 0 amide bonds. The van der Waals surface area contributed by atoms with Gasteiger partial charge in [0.25, 0.3) is 0 Å². The molecule has 0 aliphatic carbocycles. The summed E-state index contributed by atoms with van der Waals surface area (Å²) in [6, 6.07) is 2.81. The number of rotatable bonds is 1. The maximum Gasteiger partial charge on any atom is 0.433 e. The van der Waals surface area contributed by atoms with Crippen LogP contribution in [-0.2, 0) is 11.6 Å². The van der Waals surface area contributed by atoms with Gasteiger partial charge in [0.15, 0.2) is 0 Å². The molecule has 0 unspecified atom stereocenters. The normalized spacial score (nSPS) is 12.7. The first kappa shape index (κ1) is 13.8. The molecule has 0 saturated heterocycles. The Balaban J connectivity index is 3.40. The van der Waals surface area contributed by atoms with Crippen molar-refractivity contribution in [3.8, 4) is 0 Å². The molecule has 5 heteroatoms. The molecular weight excluding hydrogens is 229 g/mol. The molecule has 0 saturated carbocycles. The average Bonchev–Trinajstić information content (AvgIpc) is 2.14. The van der Waals surface area contributed by atoms with Gasteiger partial charge in [-0.3, -0.25) is 0 Å². The van der Waals surface area contributed by atoms with Gasteiger partial charge in [-0.25, -0.2) is 4.98 Å². The third kappa shape index (κ3) is 3.35. The molecule has 96 valence electrons. The predicted molar refractivity (Wildman–Crippen MR) is 62.3 cm³/mol. The standard InChI is InChI=1S/C12H17F3N2/c1-11(2,3)8-6-9(12(13,14)15)16-10(7-8)17(4)5/h6-7H,1-5H3. The minimum absolute atomic E-state index is 0.324. The summed E-state index contributed by atoms with van der Waals surface area (Å²) < 4.78 is 38.2. The highest BCUT2D eigenvalue weighted by molar-refractivity contribution is 5.43. The fourth-order valence-corrected chi connectivity index (χ4v) is 1.32. The Morgan fingerprint density at radius 3 is 1.94 bits per heavy atom. The Labute approximate surface area is 99.5 Å². The average molecular weight is 246 g/mol. The van der Waals surface area contributed by atoms with Crippen LogP contribution in [0.5, 0.6) is 0 Å². The molecule has 0 fully saturated rings. The second kappa shape index (κ2) is 4.20. The van der Waals surface area contributed by atoms with Crippen LogP contribution in [0.4, 0.5) is 19.0 Å². The van der Waals surface area contributed by atoms with E-state index in [-0.39, 0.29) is 5.41 Å². The molecule has 0 radical (unpaired) electrons. The summed E-state index contributed by atoms with van der Waals surface area (Å²) in [6.45, 7) is 5.63. The van der Waals surface area contributed by atoms with Gasteiger partial charge in [0.05, 0.1) is 0 Å². The fraction of sp³-hybridized carbons (Fsp3) is 0.583. The zero-order valence-corrected chi connectivity index (χ0v) is 10.7. The Hall–Kier alpha value is -1.26. The maximum absolute atomic E-state index is 12.7. The minimum Gasteiger partial charge on any atom is -0.363 e. The van der Waals surface area contributed by atoms with E-state index in [9.17, 15) is 13.2 Å². The monoisotopic (exact) mass is 246 g/mol. The second-order valence-corrected chi connectivity index (χ2v) is 5.24. The van der Waals surface area contributed by atoms with Gasteiger partial charge in [0, 0.05) is 14.1 Å². The fourth-order valence-electron chi connectivity index (χ4n) is 1.32. The highest BCUT2D eigenvalue weighted by atomic mass is 19.4. The van der Waals surface area contributed by atoms with E-state index in [4.69, 9.17) is 0 Å². The summed E-state index contributed by atoms with van der Waals surface area (Å²) >= 11 is 0. The van der Waals surface area contributed by atoms with Crippen LogP contribution in [0.15, 0.2) is 12.1 Å². The first-order chi connectivity index (χ1) is 7.51. The molecule has 1 aromatic rings. The van der Waals surface area contributed by atoms with Crippen LogP contribution in [0.3, 0.4) is 0 Å². The molecule has 0 aliphatic heterocycles. The van der Waals surface area contributed by atoms with E-state index in [1.165, 1.54) is 0 Å². The quantitative estimate of drug-likeness (QED) is 0.754. The SMILES string of the molecule is CN(C)c1cc(C(C)(C)C)cc(C(F)(F)F)n1. The first-order valence-electron chi connectivity index (χ1n) is 5.29. The molecule has 0 bridgehead atoms. The smallest absolute Gasteiger partial charge is 0.363 e. The van der Waals surface area contributed by atoms with Crippen LogP contribution >= 0.6 is 0 Å². The van der Waals surface area contributed by atoms with Gasteiger partial charge in [-0.1, -0.05) is 20.8 Å². The lowest BCUT2D eigenvalue weighted by molar-refractivity contribution is -0.141. The third-order valence-corrected chi connectivity index (χ3v) is 2.43. The Bertz CT molecular complexity index is 371. The van der Waals surface area contributed by atoms with Crippen LogP contribution in [0, 0.1) is 0 Å². The van der Waals surface area contributed by atoms with Crippen molar-refractivity contribution in [3.05, 3.63) is 23.4 Å². The van der Waals surface area contributed by atoms with Crippen molar-refractivity contribution in [2.45, 2.75) is 32.4 Å². The highest BCUT2D eigenvalue weighted by Crippen LogP contribution is 2.33. The van der Waals surface area contributed by atoms with E-state index in [1.807, 2.05) is 20.8 Å². The highest BCUT2D eigenvalue weighted by Gasteiger charge is 2.34. The van der Waals surface area contributed by atoms with Gasteiger partial charge in [-0.2, -0.15) is 13.2 Å². The van der Waals surface area contributed by atoms with E-state index in [0.717, 1.165) is 6.07 Å². The molecule has 0 atom stereocenters. The van der Waals surface area contributed by atoms with E-state index in [0.29, 0.717) is 11.4 Å². The number of hydrogen-bond acceptors (Lipinski definition) is 2. The molecule has 0 N–H and O–H groups in total. The number of nitrogens with zero attached hydrogens (tertiary/aromatic N) is 2. The molecule has 0 spiro atoms. The number of hydrogen-bond donors (Lipinski definition) is 0. The first-order valence-corrected chi connectivity index (χ1v) is 5.29. The van der Waals surface area contributed by atoms with E-state index < -0.39 is 11.9 Å². The van der Waals surface area contributed by atoms with E-state index in [2.05, 4.69) is 4.98 Å². The number of pyridine rings is 1. The van der Waals surface area contributed by atoms with Crippen LogP contribution in [-0.4, -0.2) is 19.1 Å². The van der Waals surface area contributed by atoms with Gasteiger partial charge < -0.3 is 4.90 Å². The van der Waals surface area contributed by atoms with Gasteiger partial charge in [-0.05, 0) is 23.1 Å². The lowest BCUT2D eigenvalue weighted by Crippen LogP contribution is -2.19. The molecule has 0 aromatic carbocycles. The van der Waals surface area contributed by atoms with E-state index >= 15 is 0 Å². The molecule has 0 aliphatic rings. The minimum atomic E-state index is -4.41. The van der Waals surface area contributed by atoms with Crippen molar-refractivity contribution in [3.63, 3.8) is 0 Å². The molecule has 1 aromatic heterocycles. The van der Waals surface area contributed by atoms with Crippen molar-refractivity contribution in [1.82, 2.24) is 4.98 Å². The Morgan fingerprint density at radius 2 is 1.59 bits per heavy atom. The largest absolute Gasteiger partial charge is 0.433 e. The zero-order valence-electron chi connectivity index (χ0n) is 10.7. The van der Waals surface area contributed by atoms with Crippen molar-refractivity contribution in [1.29, 1.82) is 0 Å². The molecule has 1 heterocycles. The number of aromatic nitrogens is 1. The van der Waals surface area contributed by atoms with Crippen molar-refractivity contribution >= 4 is 5.82 Å². The summed E-state index contributed by atoms with van der Waals surface area (Å²) in [5.74, 6) is 0.324. The van der Waals surface area contributed by atoms with Crippen molar-refractivity contribution in [2.75, 3.05) is 19.0 Å². The number of alkyl halides is 3. The topological polar surface area (TPSA) is 16.1 Å². The van der Waals surface area contributed by atoms with Crippen LogP contribution < -0.4 is 4.90 Å². The van der Waals surface area contributed by atoms with Gasteiger partial charge in [0.1, 0.15) is 11.5 Å². The number of halogens is 3. The zero-order chi connectivity index (χ0) is 13.4. The second-order valence-electron chi connectivity index (χ2n) is 5.24. The predicted octanol–water partition coefficient (Wildman–Crippen LogP) is 3.46. The van der Waals surface area contributed by atoms with Crippen LogP contribution in [0.1, 0.15) is 32.0 Å². The van der Waals surface area contributed by atoms with Crippen LogP contribution in [0.25, 0.3) is 0 Å². The van der Waals surface area contributed by atoms with E-state index in [1.54, 1.807) is 25.1 Å². The van der Waals surface area contributed by atoms with Gasteiger partial charge in [-0.15, -0.1) is 0 Å². The summed E-state index contributed by atoms with van der Waals surface area (Å²) in [7, 11) is 3.35. The van der Waals surface area contributed by atoms with Gasteiger partial charge in [0.2, 0.25) is 0 Å². The lowest BCUT2D eigenvalue weighted by Gasteiger charge is -2.23. The summed E-state index contributed by atoms with van der Waals surface area (Å²) in [5, 5.41) is 0. The van der Waals surface area contributed by atoms with Crippen LogP contribution in [0.2, 0.25) is 0 Å². The summed E-state index contributed by atoms with van der Waals surface area (Å²) in [4.78, 5) is 5.19. The Kier molecular flexibility index (Phi) is 3.41.